The van der Waals surface area contributed by atoms with Crippen molar-refractivity contribution >= 4 is 0 Å². The molecule has 1 unspecified atom stereocenters. The second-order valence-corrected chi connectivity index (χ2v) is 4.92. The molecule has 1 aromatic carbocycles. The first-order valence-corrected chi connectivity index (χ1v) is 7.00. The fourth-order valence-electron chi connectivity index (χ4n) is 2.61. The van der Waals surface area contributed by atoms with Gasteiger partial charge in [-0.15, -0.1) is 0 Å². The molecular formula is C16H23N3. The number of nitrogens with zero attached hydrogens (tertiary/aromatic N) is 3. The lowest BCUT2D eigenvalue weighted by atomic mass is 10.0. The fraction of sp³-hybridized carbons (Fsp3) is 0.438. The van der Waals surface area contributed by atoms with E-state index in [1.54, 1.807) is 0 Å². The molecule has 0 N–H and O–H groups in total. The van der Waals surface area contributed by atoms with Crippen LogP contribution in [-0.2, 0) is 13.1 Å². The van der Waals surface area contributed by atoms with Crippen LogP contribution < -0.4 is 0 Å². The Balaban J connectivity index is 2.11. The normalized spacial score (nSPS) is 12.8. The summed E-state index contributed by atoms with van der Waals surface area (Å²) in [6.07, 6.45) is 4.99. The first kappa shape index (κ1) is 13.8. The van der Waals surface area contributed by atoms with Gasteiger partial charge in [-0.3, -0.25) is 4.90 Å². The number of benzene rings is 1. The molecule has 0 radical (unpaired) electrons. The van der Waals surface area contributed by atoms with Crippen molar-refractivity contribution in [3.8, 4) is 0 Å². The van der Waals surface area contributed by atoms with E-state index in [1.165, 1.54) is 11.3 Å². The molecule has 3 nitrogen and oxygen atoms in total. The highest BCUT2D eigenvalue weighted by molar-refractivity contribution is 5.19. The maximum Gasteiger partial charge on any atom is 0.0948 e. The summed E-state index contributed by atoms with van der Waals surface area (Å²) in [4.78, 5) is 6.64. The zero-order chi connectivity index (χ0) is 13.7. The summed E-state index contributed by atoms with van der Waals surface area (Å²) in [6.45, 7) is 6.30. The average Bonchev–Trinajstić information content (AvgIpc) is 2.88. The van der Waals surface area contributed by atoms with Crippen LogP contribution in [0.25, 0.3) is 0 Å². The second kappa shape index (κ2) is 6.53. The standard InChI is InChI=1S/C16H23N3/c1-4-16(14-9-7-6-8-10-14)18(3)12-15-11-17-13-19(15)5-2/h6-11,13,16H,4-5,12H2,1-3H3. The minimum atomic E-state index is 0.460. The van der Waals surface area contributed by atoms with E-state index in [4.69, 9.17) is 0 Å². The zero-order valence-corrected chi connectivity index (χ0v) is 12.1. The highest BCUT2D eigenvalue weighted by Gasteiger charge is 2.16. The minimum Gasteiger partial charge on any atom is -0.334 e. The van der Waals surface area contributed by atoms with Gasteiger partial charge in [0.25, 0.3) is 0 Å². The summed E-state index contributed by atoms with van der Waals surface area (Å²) in [7, 11) is 2.19. The molecule has 2 rings (SSSR count). The Morgan fingerprint density at radius 3 is 2.58 bits per heavy atom. The summed E-state index contributed by atoms with van der Waals surface area (Å²) in [5.41, 5.74) is 2.66. The Hall–Kier alpha value is -1.61. The summed E-state index contributed by atoms with van der Waals surface area (Å²) in [6, 6.07) is 11.2. The topological polar surface area (TPSA) is 21.1 Å². The van der Waals surface area contributed by atoms with Crippen LogP contribution in [-0.4, -0.2) is 21.5 Å². The molecule has 0 spiro atoms. The predicted octanol–water partition coefficient (Wildman–Crippen LogP) is 3.49. The van der Waals surface area contributed by atoms with Crippen molar-refractivity contribution < 1.29 is 0 Å². The number of imidazole rings is 1. The zero-order valence-electron chi connectivity index (χ0n) is 12.1. The van der Waals surface area contributed by atoms with Crippen molar-refractivity contribution in [3.05, 3.63) is 54.1 Å². The lowest BCUT2D eigenvalue weighted by molar-refractivity contribution is 0.225. The molecule has 0 fully saturated rings. The maximum absolute atomic E-state index is 4.24. The molecule has 2 aromatic rings. The van der Waals surface area contributed by atoms with Gasteiger partial charge in [0.2, 0.25) is 0 Å². The highest BCUT2D eigenvalue weighted by Crippen LogP contribution is 2.24. The van der Waals surface area contributed by atoms with Crippen molar-refractivity contribution in [2.24, 2.45) is 0 Å². The number of aryl methyl sites for hydroxylation is 1. The largest absolute Gasteiger partial charge is 0.334 e. The molecule has 0 bridgehead atoms. The molecule has 0 aliphatic rings. The SMILES string of the molecule is CCC(c1ccccc1)N(C)Cc1cncn1CC. The van der Waals surface area contributed by atoms with E-state index in [9.17, 15) is 0 Å². The predicted molar refractivity (Wildman–Crippen MR) is 78.8 cm³/mol. The van der Waals surface area contributed by atoms with Crippen LogP contribution in [0.3, 0.4) is 0 Å². The Morgan fingerprint density at radius 1 is 1.21 bits per heavy atom. The van der Waals surface area contributed by atoms with Gasteiger partial charge in [0, 0.05) is 25.3 Å². The van der Waals surface area contributed by atoms with Crippen LogP contribution in [0.15, 0.2) is 42.9 Å². The van der Waals surface area contributed by atoms with E-state index in [2.05, 4.69) is 65.7 Å². The van der Waals surface area contributed by atoms with E-state index < -0.39 is 0 Å². The maximum atomic E-state index is 4.24. The number of rotatable bonds is 6. The third-order valence-corrected chi connectivity index (χ3v) is 3.65. The average molecular weight is 257 g/mol. The lowest BCUT2D eigenvalue weighted by Crippen LogP contribution is -2.25. The van der Waals surface area contributed by atoms with Crippen molar-refractivity contribution in [1.82, 2.24) is 14.5 Å². The van der Waals surface area contributed by atoms with Crippen molar-refractivity contribution in [1.29, 1.82) is 0 Å². The third kappa shape index (κ3) is 3.24. The Labute approximate surface area is 115 Å². The van der Waals surface area contributed by atoms with E-state index in [0.717, 1.165) is 19.5 Å². The summed E-state index contributed by atoms with van der Waals surface area (Å²) in [5, 5.41) is 0. The number of hydrogen-bond donors (Lipinski definition) is 0. The quantitative estimate of drug-likeness (QED) is 0.790. The van der Waals surface area contributed by atoms with Crippen LogP contribution in [0.5, 0.6) is 0 Å². The van der Waals surface area contributed by atoms with Crippen LogP contribution >= 0.6 is 0 Å². The van der Waals surface area contributed by atoms with Crippen LogP contribution in [0.4, 0.5) is 0 Å². The lowest BCUT2D eigenvalue weighted by Gasteiger charge is -2.27. The van der Waals surface area contributed by atoms with Gasteiger partial charge in [0.05, 0.1) is 12.0 Å². The minimum absolute atomic E-state index is 0.460. The van der Waals surface area contributed by atoms with Crippen LogP contribution in [0.1, 0.15) is 37.6 Å². The van der Waals surface area contributed by atoms with E-state index in [1.807, 2.05) is 12.5 Å². The van der Waals surface area contributed by atoms with Crippen molar-refractivity contribution in [2.45, 2.75) is 39.4 Å². The molecule has 1 atom stereocenters. The first-order chi connectivity index (χ1) is 9.26. The summed E-state index contributed by atoms with van der Waals surface area (Å²) < 4.78 is 2.20. The first-order valence-electron chi connectivity index (χ1n) is 7.00. The molecule has 102 valence electrons. The fourth-order valence-corrected chi connectivity index (χ4v) is 2.61. The second-order valence-electron chi connectivity index (χ2n) is 4.92. The summed E-state index contributed by atoms with van der Waals surface area (Å²) >= 11 is 0. The van der Waals surface area contributed by atoms with Gasteiger partial charge in [-0.2, -0.15) is 0 Å². The van der Waals surface area contributed by atoms with Crippen LogP contribution in [0.2, 0.25) is 0 Å². The molecule has 0 amide bonds. The van der Waals surface area contributed by atoms with Gasteiger partial charge >= 0.3 is 0 Å². The van der Waals surface area contributed by atoms with Gasteiger partial charge in [-0.1, -0.05) is 37.3 Å². The Morgan fingerprint density at radius 2 is 1.95 bits per heavy atom. The van der Waals surface area contributed by atoms with E-state index in [0.29, 0.717) is 6.04 Å². The molecule has 19 heavy (non-hydrogen) atoms. The molecule has 3 heteroatoms. The molecule has 0 saturated carbocycles. The number of hydrogen-bond acceptors (Lipinski definition) is 2. The Kier molecular flexibility index (Phi) is 4.74. The van der Waals surface area contributed by atoms with Gasteiger partial charge < -0.3 is 4.57 Å². The molecule has 0 saturated heterocycles. The summed E-state index contributed by atoms with van der Waals surface area (Å²) in [5.74, 6) is 0. The molecular weight excluding hydrogens is 234 g/mol. The molecule has 1 heterocycles. The van der Waals surface area contributed by atoms with Crippen LogP contribution in [0, 0.1) is 0 Å². The van der Waals surface area contributed by atoms with E-state index >= 15 is 0 Å². The number of aromatic nitrogens is 2. The van der Waals surface area contributed by atoms with Crippen molar-refractivity contribution in [2.75, 3.05) is 7.05 Å². The van der Waals surface area contributed by atoms with Gasteiger partial charge in [-0.25, -0.2) is 4.98 Å². The van der Waals surface area contributed by atoms with Gasteiger partial charge in [0.15, 0.2) is 0 Å². The molecule has 0 aliphatic heterocycles. The highest BCUT2D eigenvalue weighted by atomic mass is 15.2. The molecule has 1 aromatic heterocycles. The monoisotopic (exact) mass is 257 g/mol. The third-order valence-electron chi connectivity index (χ3n) is 3.65. The van der Waals surface area contributed by atoms with E-state index in [-0.39, 0.29) is 0 Å². The smallest absolute Gasteiger partial charge is 0.0948 e. The van der Waals surface area contributed by atoms with Crippen molar-refractivity contribution in [3.63, 3.8) is 0 Å². The molecule has 0 aliphatic carbocycles. The van der Waals surface area contributed by atoms with Gasteiger partial charge in [0.1, 0.15) is 0 Å². The van der Waals surface area contributed by atoms with Gasteiger partial charge in [-0.05, 0) is 26.0 Å². The Bertz CT molecular complexity index is 490.